The van der Waals surface area contributed by atoms with Crippen molar-refractivity contribution in [2.75, 3.05) is 0 Å². The van der Waals surface area contributed by atoms with Crippen molar-refractivity contribution in [2.24, 2.45) is 16.1 Å². The van der Waals surface area contributed by atoms with E-state index in [0.717, 1.165) is 0 Å². The Balaban J connectivity index is 2.18. The molecule has 15 heavy (non-hydrogen) atoms. The first kappa shape index (κ1) is 11.0. The van der Waals surface area contributed by atoms with Gasteiger partial charge in [0.15, 0.2) is 0 Å². The monoisotopic (exact) mass is 226 g/mol. The van der Waals surface area contributed by atoms with Crippen LogP contribution in [0.1, 0.15) is 46.0 Å². The minimum Gasteiger partial charge on any atom is -0.409 e. The van der Waals surface area contributed by atoms with Crippen molar-refractivity contribution in [2.45, 2.75) is 50.7 Å². The summed E-state index contributed by atoms with van der Waals surface area (Å²) in [7, 11) is 0. The molecule has 1 aliphatic heterocycles. The van der Waals surface area contributed by atoms with Gasteiger partial charge in [0.1, 0.15) is 0 Å². The van der Waals surface area contributed by atoms with E-state index < -0.39 is 0 Å². The summed E-state index contributed by atoms with van der Waals surface area (Å²) < 4.78 is 0.0174. The van der Waals surface area contributed by atoms with Crippen molar-refractivity contribution in [1.29, 1.82) is 0 Å². The molecule has 0 bridgehead atoms. The van der Waals surface area contributed by atoms with E-state index in [-0.39, 0.29) is 4.75 Å². The number of nitrogens with zero attached hydrogens (tertiary/aromatic N) is 2. The molecular formula is C11H18N2OS. The highest BCUT2D eigenvalue weighted by molar-refractivity contribution is 8.16. The van der Waals surface area contributed by atoms with Gasteiger partial charge >= 0.3 is 0 Å². The third-order valence-electron chi connectivity index (χ3n) is 3.26. The second kappa shape index (κ2) is 4.16. The molecule has 1 heterocycles. The summed E-state index contributed by atoms with van der Waals surface area (Å²) in [5.41, 5.74) is 1.24. The van der Waals surface area contributed by atoms with E-state index in [4.69, 9.17) is 5.21 Å². The van der Waals surface area contributed by atoms with Gasteiger partial charge in [-0.3, -0.25) is 0 Å². The fraction of sp³-hybridized carbons (Fsp3) is 0.818. The maximum absolute atomic E-state index is 8.77. The number of amidine groups is 1. The van der Waals surface area contributed by atoms with Crippen LogP contribution in [0.4, 0.5) is 0 Å². The first-order chi connectivity index (χ1) is 7.13. The summed E-state index contributed by atoms with van der Waals surface area (Å²) in [6, 6.07) is 0. The molecule has 0 aromatic heterocycles. The zero-order chi connectivity index (χ0) is 10.9. The van der Waals surface area contributed by atoms with E-state index in [1.807, 2.05) is 0 Å². The molecule has 0 aromatic rings. The van der Waals surface area contributed by atoms with Crippen LogP contribution < -0.4 is 0 Å². The summed E-state index contributed by atoms with van der Waals surface area (Å²) in [4.78, 5) is 4.46. The molecule has 2 rings (SSSR count). The smallest absolute Gasteiger partial charge is 0.226 e. The van der Waals surface area contributed by atoms with Crippen molar-refractivity contribution in [3.63, 3.8) is 0 Å². The molecule has 84 valence electrons. The second-order valence-electron chi connectivity index (χ2n) is 4.83. The van der Waals surface area contributed by atoms with E-state index in [1.54, 1.807) is 11.8 Å². The highest BCUT2D eigenvalue weighted by atomic mass is 32.2. The lowest BCUT2D eigenvalue weighted by Crippen LogP contribution is -2.32. The lowest BCUT2D eigenvalue weighted by atomic mass is 9.81. The molecule has 0 atom stereocenters. The summed E-state index contributed by atoms with van der Waals surface area (Å²) in [5.74, 6) is 0.612. The van der Waals surface area contributed by atoms with Crippen LogP contribution in [0.5, 0.6) is 0 Å². The molecule has 0 radical (unpaired) electrons. The second-order valence-corrected chi connectivity index (χ2v) is 6.42. The first-order valence-corrected chi connectivity index (χ1v) is 6.45. The maximum Gasteiger partial charge on any atom is 0.226 e. The fourth-order valence-corrected chi connectivity index (χ4v) is 3.50. The van der Waals surface area contributed by atoms with Gasteiger partial charge in [0.05, 0.1) is 4.75 Å². The van der Waals surface area contributed by atoms with Gasteiger partial charge in [0.2, 0.25) is 5.17 Å². The standard InChI is InChI=1S/C11H18N2OS/c1-11(2)9(12-10(13-14)15-11)8-6-4-3-5-7-8/h8,14H,3-7H2,1-2H3. The minimum atomic E-state index is 0.0174. The Morgan fingerprint density at radius 2 is 2.00 bits per heavy atom. The number of aliphatic imine (C=N–C) groups is 1. The van der Waals surface area contributed by atoms with Crippen molar-refractivity contribution >= 4 is 22.6 Å². The van der Waals surface area contributed by atoms with Gasteiger partial charge in [0.25, 0.3) is 0 Å². The average molecular weight is 226 g/mol. The Morgan fingerprint density at radius 1 is 1.33 bits per heavy atom. The Hall–Kier alpha value is -0.510. The predicted octanol–water partition coefficient (Wildman–Crippen LogP) is 3.28. The third kappa shape index (κ3) is 2.19. The van der Waals surface area contributed by atoms with Crippen LogP contribution in [0, 0.1) is 5.92 Å². The molecule has 0 aromatic carbocycles. The highest BCUT2D eigenvalue weighted by Crippen LogP contribution is 2.40. The third-order valence-corrected chi connectivity index (χ3v) is 4.33. The molecule has 4 heteroatoms. The minimum absolute atomic E-state index is 0.0174. The fourth-order valence-electron chi connectivity index (χ4n) is 2.54. The molecule has 0 saturated heterocycles. The highest BCUT2D eigenvalue weighted by Gasteiger charge is 2.39. The molecule has 1 saturated carbocycles. The van der Waals surface area contributed by atoms with Crippen LogP contribution >= 0.6 is 11.8 Å². The van der Waals surface area contributed by atoms with Gasteiger partial charge < -0.3 is 5.21 Å². The lowest BCUT2D eigenvalue weighted by molar-refractivity contribution is 0.320. The summed E-state index contributed by atoms with van der Waals surface area (Å²) in [5, 5.41) is 12.5. The lowest BCUT2D eigenvalue weighted by Gasteiger charge is -2.28. The van der Waals surface area contributed by atoms with Gasteiger partial charge in [-0.2, -0.15) is 0 Å². The van der Waals surface area contributed by atoms with Gasteiger partial charge in [-0.1, -0.05) is 36.2 Å². The zero-order valence-electron chi connectivity index (χ0n) is 9.36. The van der Waals surface area contributed by atoms with Gasteiger partial charge in [-0.25, -0.2) is 4.99 Å². The quantitative estimate of drug-likeness (QED) is 0.551. The van der Waals surface area contributed by atoms with Gasteiger partial charge in [0, 0.05) is 5.71 Å². The summed E-state index contributed by atoms with van der Waals surface area (Å²) in [6.07, 6.45) is 6.49. The number of oxime groups is 1. The van der Waals surface area contributed by atoms with Crippen LogP contribution in [0.2, 0.25) is 0 Å². The molecule has 0 spiro atoms. The molecule has 0 amide bonds. The Labute approximate surface area is 95.0 Å². The Kier molecular flexibility index (Phi) is 3.05. The first-order valence-electron chi connectivity index (χ1n) is 5.63. The molecule has 0 unspecified atom stereocenters. The van der Waals surface area contributed by atoms with Crippen LogP contribution in [0.3, 0.4) is 0 Å². The molecular weight excluding hydrogens is 208 g/mol. The largest absolute Gasteiger partial charge is 0.409 e. The van der Waals surface area contributed by atoms with Crippen molar-refractivity contribution in [3.05, 3.63) is 0 Å². The van der Waals surface area contributed by atoms with Crippen LogP contribution in [-0.4, -0.2) is 20.8 Å². The van der Waals surface area contributed by atoms with Crippen molar-refractivity contribution < 1.29 is 5.21 Å². The molecule has 1 fully saturated rings. The van der Waals surface area contributed by atoms with Crippen LogP contribution in [0.15, 0.2) is 10.1 Å². The molecule has 2 aliphatic rings. The Morgan fingerprint density at radius 3 is 2.53 bits per heavy atom. The van der Waals surface area contributed by atoms with Crippen LogP contribution in [-0.2, 0) is 0 Å². The summed E-state index contributed by atoms with van der Waals surface area (Å²) in [6.45, 7) is 4.34. The molecule has 1 N–H and O–H groups in total. The van der Waals surface area contributed by atoms with E-state index in [1.165, 1.54) is 37.8 Å². The number of thioether (sulfide) groups is 1. The van der Waals surface area contributed by atoms with Crippen LogP contribution in [0.25, 0.3) is 0 Å². The van der Waals surface area contributed by atoms with E-state index in [9.17, 15) is 0 Å². The van der Waals surface area contributed by atoms with E-state index >= 15 is 0 Å². The number of hydrogen-bond acceptors (Lipinski definition) is 3. The van der Waals surface area contributed by atoms with Gasteiger partial charge in [-0.05, 0) is 32.6 Å². The molecule has 1 aliphatic carbocycles. The average Bonchev–Trinajstić information content (AvgIpc) is 2.55. The van der Waals surface area contributed by atoms with E-state index in [2.05, 4.69) is 24.0 Å². The number of hydrogen-bond donors (Lipinski definition) is 1. The van der Waals surface area contributed by atoms with E-state index in [0.29, 0.717) is 11.1 Å². The molecule has 3 nitrogen and oxygen atoms in total. The summed E-state index contributed by atoms with van der Waals surface area (Å²) >= 11 is 1.57. The van der Waals surface area contributed by atoms with Crippen molar-refractivity contribution in [3.8, 4) is 0 Å². The normalized spacial score (nSPS) is 29.5. The zero-order valence-corrected chi connectivity index (χ0v) is 10.2. The Bertz CT molecular complexity index is 304. The maximum atomic E-state index is 8.77. The van der Waals surface area contributed by atoms with Gasteiger partial charge in [-0.15, -0.1) is 0 Å². The predicted molar refractivity (Wildman–Crippen MR) is 64.9 cm³/mol. The number of rotatable bonds is 1. The van der Waals surface area contributed by atoms with Crippen molar-refractivity contribution in [1.82, 2.24) is 0 Å². The SMILES string of the molecule is CC1(C)SC(=NO)N=C1C1CCCCC1. The topological polar surface area (TPSA) is 45.0 Å².